The molecular weight excluding hydrogens is 358 g/mol. The van der Waals surface area contributed by atoms with E-state index in [1.807, 2.05) is 23.6 Å². The van der Waals surface area contributed by atoms with Crippen molar-refractivity contribution < 1.29 is 13.6 Å². The molecule has 4 rings (SSSR count). The van der Waals surface area contributed by atoms with Gasteiger partial charge in [-0.2, -0.15) is 5.10 Å². The highest BCUT2D eigenvalue weighted by Gasteiger charge is 2.26. The van der Waals surface area contributed by atoms with Crippen LogP contribution in [0.5, 0.6) is 0 Å². The van der Waals surface area contributed by atoms with Gasteiger partial charge in [-0.05, 0) is 36.1 Å². The lowest BCUT2D eigenvalue weighted by molar-refractivity contribution is 0.0940. The van der Waals surface area contributed by atoms with Gasteiger partial charge in [-0.15, -0.1) is 11.3 Å². The van der Waals surface area contributed by atoms with Crippen molar-refractivity contribution in [3.8, 4) is 10.6 Å². The van der Waals surface area contributed by atoms with Gasteiger partial charge in [0.25, 0.3) is 5.91 Å². The topological polar surface area (TPSA) is 61.0 Å². The summed E-state index contributed by atoms with van der Waals surface area (Å²) >= 11 is 1.64. The van der Waals surface area contributed by atoms with Crippen LogP contribution in [0.1, 0.15) is 16.8 Å². The first kappa shape index (κ1) is 16.7. The number of thiophene rings is 1. The monoisotopic (exact) mass is 374 g/mol. The number of halogens is 2. The van der Waals surface area contributed by atoms with E-state index < -0.39 is 17.5 Å². The predicted molar refractivity (Wildman–Crippen MR) is 96.3 cm³/mol. The van der Waals surface area contributed by atoms with Crippen LogP contribution in [0.15, 0.2) is 41.8 Å². The Bertz CT molecular complexity index is 925. The van der Waals surface area contributed by atoms with E-state index >= 15 is 0 Å². The maximum atomic E-state index is 13.3. The maximum absolute atomic E-state index is 13.3. The molecule has 1 atom stereocenters. The van der Waals surface area contributed by atoms with Gasteiger partial charge >= 0.3 is 0 Å². The molecule has 3 aromatic rings. The van der Waals surface area contributed by atoms with E-state index in [1.54, 1.807) is 11.3 Å². The lowest BCUT2D eigenvalue weighted by Gasteiger charge is -2.16. The number of nitrogens with zero attached hydrogens (tertiary/aromatic N) is 2. The van der Waals surface area contributed by atoms with Crippen molar-refractivity contribution in [1.29, 1.82) is 0 Å². The summed E-state index contributed by atoms with van der Waals surface area (Å²) in [6.07, 6.45) is 0.761. The van der Waals surface area contributed by atoms with Crippen LogP contribution in [0, 0.1) is 11.6 Å². The first-order valence-corrected chi connectivity index (χ1v) is 9.08. The molecule has 1 amide bonds. The van der Waals surface area contributed by atoms with Crippen LogP contribution in [0.25, 0.3) is 10.6 Å². The molecule has 134 valence electrons. The number of hydrogen-bond donors (Lipinski definition) is 2. The summed E-state index contributed by atoms with van der Waals surface area (Å²) in [5.41, 5.74) is 1.08. The van der Waals surface area contributed by atoms with E-state index in [1.165, 1.54) is 6.07 Å². The molecule has 2 aromatic heterocycles. The molecule has 0 unspecified atom stereocenters. The van der Waals surface area contributed by atoms with Crippen LogP contribution in [0.3, 0.4) is 0 Å². The molecule has 26 heavy (non-hydrogen) atoms. The van der Waals surface area contributed by atoms with Crippen molar-refractivity contribution in [1.82, 2.24) is 15.5 Å². The molecule has 0 radical (unpaired) electrons. The van der Waals surface area contributed by atoms with Gasteiger partial charge in [0, 0.05) is 30.8 Å². The summed E-state index contributed by atoms with van der Waals surface area (Å²) < 4.78 is 26.3. The number of aromatic nitrogens is 2. The van der Waals surface area contributed by atoms with E-state index in [-0.39, 0.29) is 11.6 Å². The SMILES string of the molecule is O=C(N[C@H]1CCN(c2cc(-c3cccs3)[nH]n2)C1)c1ccc(F)c(F)c1. The minimum Gasteiger partial charge on any atom is -0.353 e. The largest absolute Gasteiger partial charge is 0.353 e. The molecule has 3 heterocycles. The average Bonchev–Trinajstić information content (AvgIpc) is 3.37. The van der Waals surface area contributed by atoms with Crippen molar-refractivity contribution in [3.63, 3.8) is 0 Å². The number of hydrogen-bond acceptors (Lipinski definition) is 4. The van der Waals surface area contributed by atoms with Crippen molar-refractivity contribution >= 4 is 23.1 Å². The van der Waals surface area contributed by atoms with Crippen LogP contribution in [0.2, 0.25) is 0 Å². The fourth-order valence-corrected chi connectivity index (χ4v) is 3.72. The lowest BCUT2D eigenvalue weighted by atomic mass is 10.1. The van der Waals surface area contributed by atoms with Gasteiger partial charge in [0.1, 0.15) is 0 Å². The first-order valence-electron chi connectivity index (χ1n) is 8.20. The Kier molecular flexibility index (Phi) is 4.42. The Morgan fingerprint density at radius 3 is 2.92 bits per heavy atom. The van der Waals surface area contributed by atoms with Gasteiger partial charge in [-0.25, -0.2) is 8.78 Å². The number of carbonyl (C=O) groups excluding carboxylic acids is 1. The Morgan fingerprint density at radius 2 is 2.15 bits per heavy atom. The van der Waals surface area contributed by atoms with Crippen LogP contribution in [0.4, 0.5) is 14.6 Å². The Labute approximate surface area is 152 Å². The predicted octanol–water partition coefficient (Wildman–Crippen LogP) is 3.43. The van der Waals surface area contributed by atoms with E-state index in [2.05, 4.69) is 20.4 Å². The fourth-order valence-electron chi connectivity index (χ4n) is 3.02. The second-order valence-electron chi connectivity index (χ2n) is 6.15. The zero-order valence-corrected chi connectivity index (χ0v) is 14.5. The Morgan fingerprint density at radius 1 is 1.27 bits per heavy atom. The molecular formula is C18H16F2N4OS. The van der Waals surface area contributed by atoms with Gasteiger partial charge < -0.3 is 10.2 Å². The zero-order valence-electron chi connectivity index (χ0n) is 13.7. The second kappa shape index (κ2) is 6.87. The molecule has 1 fully saturated rings. The number of nitrogens with one attached hydrogen (secondary N) is 2. The minimum atomic E-state index is -1.02. The number of aromatic amines is 1. The molecule has 1 aliphatic rings. The Hall–Kier alpha value is -2.74. The van der Waals surface area contributed by atoms with Crippen LogP contribution in [-0.2, 0) is 0 Å². The maximum Gasteiger partial charge on any atom is 0.251 e. The number of carbonyl (C=O) groups is 1. The highest BCUT2D eigenvalue weighted by Crippen LogP contribution is 2.27. The summed E-state index contributed by atoms with van der Waals surface area (Å²) in [5, 5.41) is 12.3. The zero-order chi connectivity index (χ0) is 18.1. The third-order valence-corrected chi connectivity index (χ3v) is 5.28. The molecule has 1 aliphatic heterocycles. The van der Waals surface area contributed by atoms with Crippen LogP contribution >= 0.6 is 11.3 Å². The van der Waals surface area contributed by atoms with E-state index in [0.29, 0.717) is 6.54 Å². The van der Waals surface area contributed by atoms with Gasteiger partial charge in [-0.3, -0.25) is 9.89 Å². The molecule has 0 spiro atoms. The summed E-state index contributed by atoms with van der Waals surface area (Å²) in [6, 6.07) is 9.08. The van der Waals surface area contributed by atoms with E-state index in [4.69, 9.17) is 0 Å². The normalized spacial score (nSPS) is 16.8. The highest BCUT2D eigenvalue weighted by atomic mass is 32.1. The smallest absolute Gasteiger partial charge is 0.251 e. The average molecular weight is 374 g/mol. The first-order chi connectivity index (χ1) is 12.6. The van der Waals surface area contributed by atoms with Crippen LogP contribution in [-0.4, -0.2) is 35.2 Å². The van der Waals surface area contributed by atoms with E-state index in [0.717, 1.165) is 41.5 Å². The van der Waals surface area contributed by atoms with Crippen molar-refractivity contribution in [2.75, 3.05) is 18.0 Å². The lowest BCUT2D eigenvalue weighted by Crippen LogP contribution is -2.37. The molecule has 0 bridgehead atoms. The highest BCUT2D eigenvalue weighted by molar-refractivity contribution is 7.13. The Balaban J connectivity index is 1.39. The molecule has 1 saturated heterocycles. The summed E-state index contributed by atoms with van der Waals surface area (Å²) in [4.78, 5) is 15.4. The van der Waals surface area contributed by atoms with Crippen molar-refractivity contribution in [2.45, 2.75) is 12.5 Å². The summed E-state index contributed by atoms with van der Waals surface area (Å²) in [7, 11) is 0. The number of rotatable bonds is 4. The summed E-state index contributed by atoms with van der Waals surface area (Å²) in [5.74, 6) is -1.56. The standard InChI is InChI=1S/C18H16F2N4OS/c19-13-4-3-11(8-14(13)20)18(25)21-12-5-6-24(10-12)17-9-15(22-23-17)16-2-1-7-26-16/h1-4,7-9,12H,5-6,10H2,(H,21,25)(H,22,23)/t12-/m0/s1. The molecule has 8 heteroatoms. The molecule has 0 saturated carbocycles. The van der Waals surface area contributed by atoms with Crippen molar-refractivity contribution in [2.24, 2.45) is 0 Å². The number of amides is 1. The van der Waals surface area contributed by atoms with Gasteiger partial charge in [0.2, 0.25) is 0 Å². The van der Waals surface area contributed by atoms with Gasteiger partial charge in [0.05, 0.1) is 10.6 Å². The van der Waals surface area contributed by atoms with Gasteiger partial charge in [0.15, 0.2) is 17.5 Å². The van der Waals surface area contributed by atoms with Gasteiger partial charge in [-0.1, -0.05) is 6.07 Å². The number of anilines is 1. The third kappa shape index (κ3) is 3.32. The van der Waals surface area contributed by atoms with Crippen molar-refractivity contribution in [3.05, 3.63) is 59.0 Å². The quantitative estimate of drug-likeness (QED) is 0.736. The number of H-pyrrole nitrogens is 1. The number of benzene rings is 1. The van der Waals surface area contributed by atoms with E-state index in [9.17, 15) is 13.6 Å². The third-order valence-electron chi connectivity index (χ3n) is 4.38. The second-order valence-corrected chi connectivity index (χ2v) is 7.10. The molecule has 1 aromatic carbocycles. The fraction of sp³-hybridized carbons (Fsp3) is 0.222. The molecule has 2 N–H and O–H groups in total. The molecule has 5 nitrogen and oxygen atoms in total. The minimum absolute atomic E-state index is 0.0718. The van der Waals surface area contributed by atoms with Crippen LogP contribution < -0.4 is 10.2 Å². The summed E-state index contributed by atoms with van der Waals surface area (Å²) in [6.45, 7) is 1.38. The molecule has 0 aliphatic carbocycles.